The minimum atomic E-state index is -1.40. The Kier molecular flexibility index (Phi) is 5.77. The van der Waals surface area contributed by atoms with Crippen LogP contribution in [0.2, 0.25) is 0 Å². The predicted octanol–water partition coefficient (Wildman–Crippen LogP) is 3.46. The van der Waals surface area contributed by atoms with Gasteiger partial charge in [0, 0.05) is 31.4 Å². The molecular formula is C23H21ClFN3O5. The van der Waals surface area contributed by atoms with Crippen LogP contribution in [0.25, 0.3) is 16.6 Å². The number of benzene rings is 2. The lowest BCUT2D eigenvalue weighted by atomic mass is 10.1. The van der Waals surface area contributed by atoms with Crippen molar-refractivity contribution in [2.45, 2.75) is 12.5 Å². The molecule has 1 fully saturated rings. The average Bonchev–Trinajstić information content (AvgIpc) is 3.19. The van der Waals surface area contributed by atoms with E-state index >= 15 is 4.39 Å². The number of halogens is 2. The van der Waals surface area contributed by atoms with Crippen LogP contribution in [-0.2, 0) is 0 Å². The number of carboxylic acid groups (broad SMARTS) is 1. The molecule has 172 valence electrons. The molecule has 2 aromatic carbocycles. The van der Waals surface area contributed by atoms with Crippen molar-refractivity contribution < 1.29 is 23.8 Å². The number of carbonyl (C=O) groups is 1. The monoisotopic (exact) mass is 473 g/mol. The first kappa shape index (κ1) is 22.6. The number of anilines is 1. The molecule has 5 rings (SSSR count). The molecule has 0 amide bonds. The van der Waals surface area contributed by atoms with Crippen molar-refractivity contribution in [1.82, 2.24) is 4.57 Å². The average molecular weight is 474 g/mol. The predicted molar refractivity (Wildman–Crippen MR) is 124 cm³/mol. The summed E-state index contributed by atoms with van der Waals surface area (Å²) in [5.74, 6) is -1.02. The summed E-state index contributed by atoms with van der Waals surface area (Å²) in [4.78, 5) is 26.4. The number of aromatic carboxylic acids is 1. The molecule has 0 aliphatic carbocycles. The van der Waals surface area contributed by atoms with Crippen molar-refractivity contribution in [1.29, 1.82) is 0 Å². The molecule has 2 aliphatic rings. The zero-order valence-corrected chi connectivity index (χ0v) is 18.2. The third-order valence-corrected chi connectivity index (χ3v) is 5.71. The van der Waals surface area contributed by atoms with Gasteiger partial charge in [0.2, 0.25) is 5.43 Å². The summed E-state index contributed by atoms with van der Waals surface area (Å²) in [6.07, 6.45) is 3.54. The van der Waals surface area contributed by atoms with Gasteiger partial charge in [0.25, 0.3) is 0 Å². The number of fused-ring (bicyclic) bond motifs is 2. The zero-order chi connectivity index (χ0) is 22.6. The summed E-state index contributed by atoms with van der Waals surface area (Å²) in [5, 5.41) is 9.50. The van der Waals surface area contributed by atoms with Gasteiger partial charge in [-0.2, -0.15) is 0 Å². The Bertz CT molecular complexity index is 1360. The number of aromatic nitrogens is 1. The topological polar surface area (TPSA) is 107 Å². The molecule has 0 bridgehead atoms. The van der Waals surface area contributed by atoms with Crippen LogP contribution < -0.4 is 25.5 Å². The number of nitrogens with zero attached hydrogens (tertiary/aromatic N) is 2. The van der Waals surface area contributed by atoms with Crippen LogP contribution in [0, 0.1) is 5.82 Å². The Labute approximate surface area is 194 Å². The van der Waals surface area contributed by atoms with Crippen LogP contribution in [-0.4, -0.2) is 41.4 Å². The van der Waals surface area contributed by atoms with E-state index in [-0.39, 0.29) is 41.9 Å². The summed E-state index contributed by atoms with van der Waals surface area (Å²) >= 11 is 0. The lowest BCUT2D eigenvalue weighted by Gasteiger charge is -2.29. The molecule has 10 heteroatoms. The van der Waals surface area contributed by atoms with Gasteiger partial charge in [-0.15, -0.1) is 12.4 Å². The second-order valence-corrected chi connectivity index (χ2v) is 7.81. The second kappa shape index (κ2) is 8.42. The number of nitrogens with two attached hydrogens (primary N) is 1. The first-order valence-electron chi connectivity index (χ1n) is 10.1. The molecule has 1 saturated heterocycles. The smallest absolute Gasteiger partial charge is 0.341 e. The van der Waals surface area contributed by atoms with Gasteiger partial charge in [-0.05, 0) is 24.6 Å². The summed E-state index contributed by atoms with van der Waals surface area (Å²) < 4.78 is 28.6. The number of rotatable bonds is 5. The molecule has 8 nitrogen and oxygen atoms in total. The standard InChI is InChI=1S/C23H20FN3O5.ClH/c1-2-7-31-13-3-4-18-17(8-13)27-11-15(23(29)30)21(28)14-9-16(24)20(22(32-18)19(14)27)26-6-5-12(25)10-26;/h2-4,8-9,11-12H,1,5-7,10,25H2,(H,29,30);1H/t12-;/m0./s1. The SMILES string of the molecule is C=CCOc1ccc2c(c1)-n1cc(C(=O)O)c(=O)c3cc(F)c(N4CC[C@H](N)C4)c(c31)O2.Cl. The van der Waals surface area contributed by atoms with E-state index < -0.39 is 22.8 Å². The highest BCUT2D eigenvalue weighted by Crippen LogP contribution is 2.47. The van der Waals surface area contributed by atoms with Crippen molar-refractivity contribution in [3.63, 3.8) is 0 Å². The van der Waals surface area contributed by atoms with Crippen molar-refractivity contribution in [2.24, 2.45) is 5.73 Å². The number of pyridine rings is 1. The Morgan fingerprint density at radius 2 is 2.18 bits per heavy atom. The highest BCUT2D eigenvalue weighted by Gasteiger charge is 2.32. The third-order valence-electron chi connectivity index (χ3n) is 5.71. The van der Waals surface area contributed by atoms with Crippen LogP contribution in [0.5, 0.6) is 17.2 Å². The first-order valence-corrected chi connectivity index (χ1v) is 10.1. The number of hydrogen-bond donors (Lipinski definition) is 2. The Hall–Kier alpha value is -3.56. The Balaban J connectivity index is 0.00000259. The van der Waals surface area contributed by atoms with Gasteiger partial charge in [0.05, 0.1) is 11.1 Å². The maximum atomic E-state index is 15.3. The quantitative estimate of drug-likeness (QED) is 0.427. The lowest BCUT2D eigenvalue weighted by molar-refractivity contribution is 0.0695. The van der Waals surface area contributed by atoms with Crippen LogP contribution in [0.1, 0.15) is 16.8 Å². The molecule has 3 N–H and O–H groups in total. The molecule has 2 aliphatic heterocycles. The normalized spacial score (nSPS) is 16.1. The van der Waals surface area contributed by atoms with E-state index in [2.05, 4.69) is 6.58 Å². The maximum absolute atomic E-state index is 15.3. The molecule has 33 heavy (non-hydrogen) atoms. The number of hydrogen-bond acceptors (Lipinski definition) is 6. The minimum absolute atomic E-state index is 0. The van der Waals surface area contributed by atoms with Gasteiger partial charge in [-0.25, -0.2) is 9.18 Å². The second-order valence-electron chi connectivity index (χ2n) is 7.81. The van der Waals surface area contributed by atoms with Crippen LogP contribution in [0.4, 0.5) is 10.1 Å². The largest absolute Gasteiger partial charge is 0.489 e. The maximum Gasteiger partial charge on any atom is 0.341 e. The lowest BCUT2D eigenvalue weighted by Crippen LogP contribution is -2.28. The minimum Gasteiger partial charge on any atom is -0.489 e. The molecule has 3 heterocycles. The molecule has 0 spiro atoms. The summed E-state index contributed by atoms with van der Waals surface area (Å²) in [7, 11) is 0. The van der Waals surface area contributed by atoms with E-state index in [1.54, 1.807) is 33.7 Å². The third kappa shape index (κ3) is 3.59. The van der Waals surface area contributed by atoms with Gasteiger partial charge in [-0.3, -0.25) is 4.79 Å². The van der Waals surface area contributed by atoms with Crippen molar-refractivity contribution >= 4 is 35.0 Å². The Morgan fingerprint density at radius 3 is 2.85 bits per heavy atom. The van der Waals surface area contributed by atoms with Gasteiger partial charge < -0.3 is 29.8 Å². The molecule has 0 radical (unpaired) electrons. The number of ether oxygens (including phenoxy) is 2. The summed E-state index contributed by atoms with van der Waals surface area (Å²) in [6, 6.07) is 6.00. The Morgan fingerprint density at radius 1 is 1.39 bits per heavy atom. The van der Waals surface area contributed by atoms with Crippen LogP contribution in [0.3, 0.4) is 0 Å². The van der Waals surface area contributed by atoms with Gasteiger partial charge in [0.1, 0.15) is 29.1 Å². The van der Waals surface area contributed by atoms with Gasteiger partial charge >= 0.3 is 5.97 Å². The molecular weight excluding hydrogens is 453 g/mol. The fourth-order valence-electron chi connectivity index (χ4n) is 4.27. The van der Waals surface area contributed by atoms with E-state index in [0.29, 0.717) is 42.2 Å². The van der Waals surface area contributed by atoms with E-state index in [0.717, 1.165) is 6.07 Å². The number of carboxylic acids is 1. The van der Waals surface area contributed by atoms with E-state index in [1.165, 1.54) is 6.20 Å². The zero-order valence-electron chi connectivity index (χ0n) is 17.4. The first-order chi connectivity index (χ1) is 15.4. The van der Waals surface area contributed by atoms with E-state index in [4.69, 9.17) is 15.2 Å². The van der Waals surface area contributed by atoms with Crippen molar-refractivity contribution in [3.8, 4) is 22.9 Å². The van der Waals surface area contributed by atoms with Gasteiger partial charge in [0.15, 0.2) is 17.3 Å². The van der Waals surface area contributed by atoms with Crippen molar-refractivity contribution in [3.05, 3.63) is 64.7 Å². The fraction of sp³-hybridized carbons (Fsp3) is 0.217. The highest BCUT2D eigenvalue weighted by molar-refractivity contribution is 5.99. The molecule has 0 saturated carbocycles. The van der Waals surface area contributed by atoms with E-state index in [9.17, 15) is 14.7 Å². The van der Waals surface area contributed by atoms with Gasteiger partial charge in [-0.1, -0.05) is 12.7 Å². The summed E-state index contributed by atoms with van der Waals surface area (Å²) in [6.45, 7) is 4.88. The van der Waals surface area contributed by atoms with Crippen LogP contribution in [0.15, 0.2) is 47.9 Å². The fourth-order valence-corrected chi connectivity index (χ4v) is 4.27. The molecule has 3 aromatic rings. The van der Waals surface area contributed by atoms with Crippen LogP contribution >= 0.6 is 12.4 Å². The summed E-state index contributed by atoms with van der Waals surface area (Å²) in [5.41, 5.74) is 5.76. The molecule has 1 atom stereocenters. The molecule has 1 aromatic heterocycles. The van der Waals surface area contributed by atoms with Crippen molar-refractivity contribution in [2.75, 3.05) is 24.6 Å². The molecule has 0 unspecified atom stereocenters. The highest BCUT2D eigenvalue weighted by atomic mass is 35.5. The van der Waals surface area contributed by atoms with E-state index in [1.807, 2.05) is 0 Å².